The summed E-state index contributed by atoms with van der Waals surface area (Å²) in [6.07, 6.45) is 3.49. The zero-order valence-corrected chi connectivity index (χ0v) is 5.79. The Labute approximate surface area is 59.6 Å². The van der Waals surface area contributed by atoms with Gasteiger partial charge in [-0.15, -0.1) is 0 Å². The van der Waals surface area contributed by atoms with Gasteiger partial charge in [-0.1, -0.05) is 6.42 Å². The first kappa shape index (κ1) is 6.16. The normalized spacial score (nSPS) is 44.2. The molecule has 0 radical (unpaired) electrons. The monoisotopic (exact) mass is 141 g/mol. The average molecular weight is 141 g/mol. The van der Waals surface area contributed by atoms with Crippen LogP contribution in [0.1, 0.15) is 19.3 Å². The molecular weight excluding hydrogens is 130 g/mol. The van der Waals surface area contributed by atoms with Crippen LogP contribution >= 0.6 is 0 Å². The van der Waals surface area contributed by atoms with Gasteiger partial charge in [0.15, 0.2) is 0 Å². The van der Waals surface area contributed by atoms with Gasteiger partial charge in [0.05, 0.1) is 0 Å². The van der Waals surface area contributed by atoms with Crippen LogP contribution in [0, 0.1) is 0 Å². The molecular formula is C7H11NO2. The molecule has 0 amide bonds. The van der Waals surface area contributed by atoms with E-state index in [9.17, 15) is 4.79 Å². The molecule has 1 unspecified atom stereocenters. The Kier molecular flexibility index (Phi) is 1.20. The molecule has 0 spiro atoms. The minimum absolute atomic E-state index is 0.123. The fourth-order valence-electron chi connectivity index (χ4n) is 1.91. The Hall–Kier alpha value is -0.570. The molecule has 0 bridgehead atoms. The number of piperidine rings is 1. The lowest BCUT2D eigenvalue weighted by Crippen LogP contribution is -2.12. The average Bonchev–Trinajstić information content (AvgIpc) is 2.60. The van der Waals surface area contributed by atoms with Crippen LogP contribution in [-0.4, -0.2) is 34.6 Å². The third-order valence-electron chi connectivity index (χ3n) is 2.48. The summed E-state index contributed by atoms with van der Waals surface area (Å²) >= 11 is 0. The lowest BCUT2D eigenvalue weighted by molar-refractivity contribution is -0.137. The van der Waals surface area contributed by atoms with E-state index in [2.05, 4.69) is 4.90 Å². The molecule has 1 N–H and O–H groups in total. The summed E-state index contributed by atoms with van der Waals surface area (Å²) < 4.78 is 0. The Morgan fingerprint density at radius 2 is 2.30 bits per heavy atom. The van der Waals surface area contributed by atoms with Crippen LogP contribution in [0.25, 0.3) is 0 Å². The van der Waals surface area contributed by atoms with Crippen molar-refractivity contribution in [3.63, 3.8) is 0 Å². The molecule has 2 fully saturated rings. The number of nitrogens with zero attached hydrogens (tertiary/aromatic N) is 1. The molecule has 2 rings (SSSR count). The van der Waals surface area contributed by atoms with Crippen LogP contribution in [0.4, 0.5) is 0 Å². The number of hydrogen-bond acceptors (Lipinski definition) is 2. The fraction of sp³-hybridized carbons (Fsp3) is 0.857. The molecule has 2 aliphatic rings. The number of hydrogen-bond donors (Lipinski definition) is 1. The van der Waals surface area contributed by atoms with Gasteiger partial charge in [0.25, 0.3) is 0 Å². The van der Waals surface area contributed by atoms with Crippen molar-refractivity contribution >= 4 is 5.97 Å². The number of fused-ring (bicyclic) bond motifs is 1. The fourth-order valence-corrected chi connectivity index (χ4v) is 1.91. The molecule has 2 saturated heterocycles. The van der Waals surface area contributed by atoms with Crippen LogP contribution in [0.15, 0.2) is 0 Å². The second kappa shape index (κ2) is 1.95. The number of aliphatic carboxylic acids is 1. The molecule has 0 aromatic carbocycles. The van der Waals surface area contributed by atoms with Gasteiger partial charge >= 0.3 is 5.97 Å². The minimum Gasteiger partial charge on any atom is -0.480 e. The van der Waals surface area contributed by atoms with Crippen LogP contribution in [0.2, 0.25) is 0 Å². The van der Waals surface area contributed by atoms with Gasteiger partial charge < -0.3 is 5.11 Å². The molecule has 3 atom stereocenters. The number of carbonyl (C=O) groups is 1. The first-order valence-electron chi connectivity index (χ1n) is 3.79. The summed E-state index contributed by atoms with van der Waals surface area (Å²) in [5.74, 6) is -0.632. The van der Waals surface area contributed by atoms with E-state index >= 15 is 0 Å². The molecule has 3 heteroatoms. The van der Waals surface area contributed by atoms with E-state index in [4.69, 9.17) is 5.11 Å². The molecule has 2 heterocycles. The maximum atomic E-state index is 10.5. The highest BCUT2D eigenvalue weighted by Gasteiger charge is 2.52. The van der Waals surface area contributed by atoms with Crippen molar-refractivity contribution in [2.45, 2.75) is 31.3 Å². The molecule has 56 valence electrons. The van der Waals surface area contributed by atoms with Crippen LogP contribution in [0.3, 0.4) is 0 Å². The van der Waals surface area contributed by atoms with E-state index in [0.29, 0.717) is 6.04 Å². The smallest absolute Gasteiger partial charge is 0.322 e. The Morgan fingerprint density at radius 3 is 2.80 bits per heavy atom. The molecule has 3 nitrogen and oxygen atoms in total. The second-order valence-electron chi connectivity index (χ2n) is 3.08. The van der Waals surface area contributed by atoms with Gasteiger partial charge in [0, 0.05) is 6.04 Å². The highest BCUT2D eigenvalue weighted by molar-refractivity contribution is 5.78. The van der Waals surface area contributed by atoms with Gasteiger partial charge in [0.1, 0.15) is 6.04 Å². The third kappa shape index (κ3) is 0.736. The quantitative estimate of drug-likeness (QED) is 0.534. The van der Waals surface area contributed by atoms with E-state index < -0.39 is 5.97 Å². The largest absolute Gasteiger partial charge is 0.480 e. The lowest BCUT2D eigenvalue weighted by Gasteiger charge is -2.07. The van der Waals surface area contributed by atoms with Gasteiger partial charge in [-0.25, -0.2) is 0 Å². The van der Waals surface area contributed by atoms with E-state index in [-0.39, 0.29) is 6.04 Å². The topological polar surface area (TPSA) is 40.3 Å². The molecule has 2 aliphatic heterocycles. The summed E-state index contributed by atoms with van der Waals surface area (Å²) in [6, 6.07) is 0.272. The summed E-state index contributed by atoms with van der Waals surface area (Å²) in [7, 11) is 0. The first-order chi connectivity index (χ1) is 4.80. The molecule has 0 aliphatic carbocycles. The standard InChI is InChI=1S/C7H11NO2/c9-7(10)6-5-3-1-2-4-8(5)6/h5-6H,1-4H2,(H,9,10)/t5-,6+,8?/m0/s1. The molecule has 0 saturated carbocycles. The Bertz CT molecular complexity index is 157. The predicted octanol–water partition coefficient (Wildman–Crippen LogP) is 0.308. The first-order valence-corrected chi connectivity index (χ1v) is 3.79. The minimum atomic E-state index is -0.632. The van der Waals surface area contributed by atoms with Crippen molar-refractivity contribution in [2.75, 3.05) is 6.54 Å². The van der Waals surface area contributed by atoms with E-state index in [1.807, 2.05) is 0 Å². The van der Waals surface area contributed by atoms with Crippen LogP contribution < -0.4 is 0 Å². The summed E-state index contributed by atoms with van der Waals surface area (Å²) in [5.41, 5.74) is 0. The number of rotatable bonds is 1. The molecule has 10 heavy (non-hydrogen) atoms. The SMILES string of the molecule is O=C(O)[C@H]1[C@@H]2CCCCN21. The Balaban J connectivity index is 1.99. The molecule has 0 aromatic rings. The zero-order chi connectivity index (χ0) is 7.14. The predicted molar refractivity (Wildman–Crippen MR) is 35.8 cm³/mol. The summed E-state index contributed by atoms with van der Waals surface area (Å²) in [6.45, 7) is 1.00. The van der Waals surface area contributed by atoms with Gasteiger partial charge in [-0.3, -0.25) is 9.69 Å². The van der Waals surface area contributed by atoms with Crippen LogP contribution in [0.5, 0.6) is 0 Å². The maximum Gasteiger partial charge on any atom is 0.322 e. The number of carboxylic acids is 1. The van der Waals surface area contributed by atoms with Crippen molar-refractivity contribution in [1.29, 1.82) is 0 Å². The van der Waals surface area contributed by atoms with Crippen molar-refractivity contribution in [3.8, 4) is 0 Å². The van der Waals surface area contributed by atoms with E-state index in [1.165, 1.54) is 12.8 Å². The van der Waals surface area contributed by atoms with Gasteiger partial charge in [0.2, 0.25) is 0 Å². The third-order valence-corrected chi connectivity index (χ3v) is 2.48. The summed E-state index contributed by atoms with van der Waals surface area (Å²) in [4.78, 5) is 12.6. The van der Waals surface area contributed by atoms with E-state index in [0.717, 1.165) is 13.0 Å². The lowest BCUT2D eigenvalue weighted by atomic mass is 10.1. The number of carboxylic acid groups (broad SMARTS) is 1. The van der Waals surface area contributed by atoms with E-state index in [1.54, 1.807) is 0 Å². The zero-order valence-electron chi connectivity index (χ0n) is 5.79. The Morgan fingerprint density at radius 1 is 1.50 bits per heavy atom. The molecule has 0 aromatic heterocycles. The van der Waals surface area contributed by atoms with Gasteiger partial charge in [-0.05, 0) is 19.4 Å². The maximum absolute atomic E-state index is 10.5. The van der Waals surface area contributed by atoms with Crippen molar-refractivity contribution in [1.82, 2.24) is 4.90 Å². The second-order valence-corrected chi connectivity index (χ2v) is 3.08. The van der Waals surface area contributed by atoms with Crippen molar-refractivity contribution in [3.05, 3.63) is 0 Å². The highest BCUT2D eigenvalue weighted by Crippen LogP contribution is 2.36. The summed E-state index contributed by atoms with van der Waals surface area (Å²) in [5, 5.41) is 8.64. The van der Waals surface area contributed by atoms with Crippen molar-refractivity contribution in [2.24, 2.45) is 0 Å². The van der Waals surface area contributed by atoms with Crippen LogP contribution in [-0.2, 0) is 4.79 Å². The van der Waals surface area contributed by atoms with Crippen molar-refractivity contribution < 1.29 is 9.90 Å². The van der Waals surface area contributed by atoms with Gasteiger partial charge in [-0.2, -0.15) is 0 Å². The highest BCUT2D eigenvalue weighted by atomic mass is 16.4.